The van der Waals surface area contributed by atoms with Gasteiger partial charge in [0.2, 0.25) is 0 Å². The summed E-state index contributed by atoms with van der Waals surface area (Å²) in [6.07, 6.45) is 1.48. The van der Waals surface area contributed by atoms with Gasteiger partial charge in [0.1, 0.15) is 0 Å². The predicted octanol–water partition coefficient (Wildman–Crippen LogP) is 1.97. The highest BCUT2D eigenvalue weighted by Crippen LogP contribution is 2.32. The summed E-state index contributed by atoms with van der Waals surface area (Å²) in [5.41, 5.74) is 1.01. The Labute approximate surface area is 153 Å². The maximum absolute atomic E-state index is 12.4. The smallest absolute Gasteiger partial charge is 0.293 e. The number of nitrogens with zero attached hydrogens (tertiary/aromatic N) is 1. The molecule has 1 aliphatic rings. The van der Waals surface area contributed by atoms with Crippen LogP contribution in [0, 0.1) is 0 Å². The van der Waals surface area contributed by atoms with Crippen molar-refractivity contribution in [1.82, 2.24) is 4.90 Å². The first-order valence-electron chi connectivity index (χ1n) is 7.61. The van der Waals surface area contributed by atoms with Gasteiger partial charge in [0.25, 0.3) is 11.1 Å². The van der Waals surface area contributed by atoms with Crippen LogP contribution in [-0.2, 0) is 4.79 Å². The average molecular weight is 366 g/mol. The highest BCUT2D eigenvalue weighted by Gasteiger charge is 2.36. The molecule has 2 aromatic rings. The molecule has 7 heteroatoms. The zero-order valence-electron chi connectivity index (χ0n) is 13.4. The third-order valence-corrected chi connectivity index (χ3v) is 4.62. The van der Waals surface area contributed by atoms with Gasteiger partial charge in [-0.2, -0.15) is 0 Å². The minimum atomic E-state index is -1.30. The standard InChI is InChI=1S/C19H13NO5S/c21-15(13-4-2-1-3-5-13)11-20-17(22)16(26-19(20)25)10-12-6-8-14(9-7-12)18(23)24/h1-10H,11H2,(H,23,24)/p-1/b16-10-. The van der Waals surface area contributed by atoms with Crippen LogP contribution in [0.3, 0.4) is 0 Å². The molecule has 0 aromatic heterocycles. The summed E-state index contributed by atoms with van der Waals surface area (Å²) in [4.78, 5) is 48.6. The highest BCUT2D eigenvalue weighted by molar-refractivity contribution is 8.18. The van der Waals surface area contributed by atoms with E-state index >= 15 is 0 Å². The number of carbonyl (C=O) groups is 4. The first-order chi connectivity index (χ1) is 12.5. The van der Waals surface area contributed by atoms with Crippen LogP contribution in [0.2, 0.25) is 0 Å². The summed E-state index contributed by atoms with van der Waals surface area (Å²) >= 11 is 0.742. The van der Waals surface area contributed by atoms with E-state index in [-0.39, 0.29) is 22.8 Å². The monoisotopic (exact) mass is 366 g/mol. The molecule has 0 unspecified atom stereocenters. The molecule has 0 aliphatic carbocycles. The van der Waals surface area contributed by atoms with Crippen molar-refractivity contribution < 1.29 is 24.3 Å². The fourth-order valence-corrected chi connectivity index (χ4v) is 3.20. The third kappa shape index (κ3) is 3.73. The van der Waals surface area contributed by atoms with E-state index in [1.807, 2.05) is 0 Å². The SMILES string of the molecule is O=C([O-])c1ccc(/C=C2\SC(=O)N(CC(=O)c3ccccc3)C2=O)cc1. The van der Waals surface area contributed by atoms with Crippen molar-refractivity contribution in [3.63, 3.8) is 0 Å². The molecule has 0 bridgehead atoms. The molecule has 1 heterocycles. The molecule has 26 heavy (non-hydrogen) atoms. The molecule has 1 fully saturated rings. The van der Waals surface area contributed by atoms with Gasteiger partial charge >= 0.3 is 0 Å². The van der Waals surface area contributed by atoms with Crippen LogP contribution >= 0.6 is 11.8 Å². The van der Waals surface area contributed by atoms with Crippen molar-refractivity contribution in [2.45, 2.75) is 0 Å². The van der Waals surface area contributed by atoms with Crippen molar-refractivity contribution in [2.24, 2.45) is 0 Å². The number of carboxylic acids is 1. The molecule has 2 aromatic carbocycles. The third-order valence-electron chi connectivity index (χ3n) is 3.72. The summed E-state index contributed by atoms with van der Waals surface area (Å²) < 4.78 is 0. The summed E-state index contributed by atoms with van der Waals surface area (Å²) in [6.45, 7) is -0.324. The number of amides is 2. The van der Waals surface area contributed by atoms with Gasteiger partial charge in [-0.1, -0.05) is 54.6 Å². The zero-order chi connectivity index (χ0) is 18.7. The lowest BCUT2D eigenvalue weighted by Crippen LogP contribution is -2.33. The Balaban J connectivity index is 1.76. The largest absolute Gasteiger partial charge is 0.545 e. The molecule has 1 saturated heterocycles. The fraction of sp³-hybridized carbons (Fsp3) is 0.0526. The molecule has 130 valence electrons. The van der Waals surface area contributed by atoms with Crippen molar-refractivity contribution in [3.8, 4) is 0 Å². The van der Waals surface area contributed by atoms with E-state index in [2.05, 4.69) is 0 Å². The molecule has 0 spiro atoms. The van der Waals surface area contributed by atoms with Crippen LogP contribution in [-0.4, -0.2) is 34.3 Å². The van der Waals surface area contributed by atoms with E-state index < -0.39 is 17.1 Å². The molecule has 1 aliphatic heterocycles. The Morgan fingerprint density at radius 2 is 1.62 bits per heavy atom. The Morgan fingerprint density at radius 3 is 2.23 bits per heavy atom. The van der Waals surface area contributed by atoms with E-state index in [0.29, 0.717) is 11.1 Å². The number of hydrogen-bond donors (Lipinski definition) is 0. The van der Waals surface area contributed by atoms with E-state index in [1.54, 1.807) is 30.3 Å². The second-order valence-corrected chi connectivity index (χ2v) is 6.46. The Hall–Kier alpha value is -3.19. The minimum absolute atomic E-state index is 0.0173. The van der Waals surface area contributed by atoms with Crippen molar-refractivity contribution >= 4 is 40.7 Å². The predicted molar refractivity (Wildman–Crippen MR) is 94.2 cm³/mol. The first-order valence-corrected chi connectivity index (χ1v) is 8.42. The van der Waals surface area contributed by atoms with Crippen LogP contribution in [0.1, 0.15) is 26.3 Å². The fourth-order valence-electron chi connectivity index (χ4n) is 2.36. The summed E-state index contributed by atoms with van der Waals surface area (Å²) in [7, 11) is 0. The van der Waals surface area contributed by atoms with Gasteiger partial charge in [-0.15, -0.1) is 0 Å². The number of rotatable bonds is 5. The molecule has 0 saturated carbocycles. The van der Waals surface area contributed by atoms with Crippen LogP contribution in [0.4, 0.5) is 4.79 Å². The summed E-state index contributed by atoms with van der Waals surface area (Å²) in [6, 6.07) is 14.1. The van der Waals surface area contributed by atoms with Gasteiger partial charge < -0.3 is 9.90 Å². The Kier molecular flexibility index (Phi) is 4.99. The van der Waals surface area contributed by atoms with Gasteiger partial charge in [-0.3, -0.25) is 19.3 Å². The van der Waals surface area contributed by atoms with Gasteiger partial charge in [-0.05, 0) is 29.0 Å². The number of ketones is 1. The normalized spacial score (nSPS) is 15.5. The first kappa shape index (κ1) is 17.6. The second kappa shape index (κ2) is 7.37. The Bertz CT molecular complexity index is 919. The molecule has 2 amide bonds. The van der Waals surface area contributed by atoms with Crippen LogP contribution in [0.25, 0.3) is 6.08 Å². The molecular weight excluding hydrogens is 354 g/mol. The van der Waals surface area contributed by atoms with Gasteiger partial charge in [0.05, 0.1) is 17.4 Å². The lowest BCUT2D eigenvalue weighted by molar-refractivity contribution is -0.255. The minimum Gasteiger partial charge on any atom is -0.545 e. The van der Waals surface area contributed by atoms with E-state index in [1.165, 1.54) is 30.3 Å². The average Bonchev–Trinajstić information content (AvgIpc) is 2.90. The number of carboxylic acid groups (broad SMARTS) is 1. The number of thioether (sulfide) groups is 1. The van der Waals surface area contributed by atoms with Crippen molar-refractivity contribution in [1.29, 1.82) is 0 Å². The quantitative estimate of drug-likeness (QED) is 0.593. The number of aromatic carboxylic acids is 1. The maximum Gasteiger partial charge on any atom is 0.293 e. The zero-order valence-corrected chi connectivity index (χ0v) is 14.2. The molecular formula is C19H12NO5S-. The molecule has 0 radical (unpaired) electrons. The molecule has 0 atom stereocenters. The van der Waals surface area contributed by atoms with E-state index in [4.69, 9.17) is 0 Å². The highest BCUT2D eigenvalue weighted by atomic mass is 32.2. The number of benzene rings is 2. The molecule has 0 N–H and O–H groups in total. The van der Waals surface area contributed by atoms with Gasteiger partial charge in [-0.25, -0.2) is 0 Å². The molecule has 6 nitrogen and oxygen atoms in total. The van der Waals surface area contributed by atoms with Gasteiger partial charge in [0, 0.05) is 5.56 Å². The van der Waals surface area contributed by atoms with Crippen molar-refractivity contribution in [2.75, 3.05) is 6.54 Å². The van der Waals surface area contributed by atoms with Crippen LogP contribution < -0.4 is 5.11 Å². The number of carbonyl (C=O) groups excluding carboxylic acids is 4. The summed E-state index contributed by atoms with van der Waals surface area (Å²) in [5, 5.41) is 10.2. The lowest BCUT2D eigenvalue weighted by atomic mass is 10.1. The van der Waals surface area contributed by atoms with Gasteiger partial charge in [0.15, 0.2) is 5.78 Å². The number of hydrogen-bond acceptors (Lipinski definition) is 6. The van der Waals surface area contributed by atoms with Crippen LogP contribution in [0.5, 0.6) is 0 Å². The Morgan fingerprint density at radius 1 is 0.962 bits per heavy atom. The number of imide groups is 1. The van der Waals surface area contributed by atoms with E-state index in [0.717, 1.165) is 16.7 Å². The maximum atomic E-state index is 12.4. The van der Waals surface area contributed by atoms with E-state index in [9.17, 15) is 24.3 Å². The second-order valence-electron chi connectivity index (χ2n) is 5.47. The van der Waals surface area contributed by atoms with Crippen LogP contribution in [0.15, 0.2) is 59.5 Å². The number of Topliss-reactive ketones (excluding diaryl/α,β-unsaturated/α-hetero) is 1. The summed E-state index contributed by atoms with van der Waals surface area (Å²) in [5.74, 6) is -2.17. The van der Waals surface area contributed by atoms with Crippen molar-refractivity contribution in [3.05, 3.63) is 76.2 Å². The lowest BCUT2D eigenvalue weighted by Gasteiger charge is -2.11. The molecule has 3 rings (SSSR count). The topological polar surface area (TPSA) is 94.6 Å².